The molecule has 0 aliphatic heterocycles. The van der Waals surface area contributed by atoms with Crippen LogP contribution in [0.15, 0.2) is 30.6 Å². The van der Waals surface area contributed by atoms with E-state index in [9.17, 15) is 4.79 Å². The van der Waals surface area contributed by atoms with Crippen LogP contribution in [0.2, 0.25) is 0 Å². The van der Waals surface area contributed by atoms with Crippen LogP contribution >= 0.6 is 0 Å². The summed E-state index contributed by atoms with van der Waals surface area (Å²) in [6.45, 7) is 7.91. The Bertz CT molecular complexity index is 674. The van der Waals surface area contributed by atoms with Crippen molar-refractivity contribution < 1.29 is 4.79 Å². The number of carbonyl (C=O) groups excluding carboxylic acids is 1. The molecule has 0 radical (unpaired) electrons. The predicted octanol–water partition coefficient (Wildman–Crippen LogP) is 2.82. The number of rotatable bonds is 7. The van der Waals surface area contributed by atoms with Gasteiger partial charge < -0.3 is 10.6 Å². The number of hydrogen-bond donors (Lipinski definition) is 2. The molecule has 128 valence electrons. The Kier molecular flexibility index (Phi) is 6.23. The molecule has 0 saturated carbocycles. The molecule has 0 fully saturated rings. The van der Waals surface area contributed by atoms with E-state index in [1.807, 2.05) is 45.9 Å². The monoisotopic (exact) mass is 327 g/mol. The molecule has 2 heterocycles. The Morgan fingerprint density at radius 1 is 1.17 bits per heavy atom. The lowest BCUT2D eigenvalue weighted by Gasteiger charge is -2.18. The maximum atomic E-state index is 12.2. The largest absolute Gasteiger partial charge is 0.359 e. The number of pyridine rings is 1. The van der Waals surface area contributed by atoms with Gasteiger partial charge in [0.15, 0.2) is 5.82 Å². The summed E-state index contributed by atoms with van der Waals surface area (Å²) in [7, 11) is 0. The zero-order valence-electron chi connectivity index (χ0n) is 14.7. The highest BCUT2D eigenvalue weighted by molar-refractivity contribution is 5.84. The lowest BCUT2D eigenvalue weighted by Crippen LogP contribution is -2.42. The Morgan fingerprint density at radius 3 is 2.50 bits per heavy atom. The first-order valence-electron chi connectivity index (χ1n) is 8.38. The van der Waals surface area contributed by atoms with Crippen molar-refractivity contribution in [2.45, 2.75) is 52.6 Å². The molecule has 0 saturated heterocycles. The van der Waals surface area contributed by atoms with E-state index >= 15 is 0 Å². The second kappa shape index (κ2) is 8.38. The van der Waals surface area contributed by atoms with E-state index in [-0.39, 0.29) is 18.0 Å². The van der Waals surface area contributed by atoms with Crippen LogP contribution in [-0.2, 0) is 11.2 Å². The minimum atomic E-state index is -0.371. The van der Waals surface area contributed by atoms with Gasteiger partial charge in [0.25, 0.3) is 0 Å². The van der Waals surface area contributed by atoms with Crippen LogP contribution in [0.3, 0.4) is 0 Å². The minimum Gasteiger partial charge on any atom is -0.359 e. The molecule has 24 heavy (non-hydrogen) atoms. The van der Waals surface area contributed by atoms with Crippen molar-refractivity contribution in [1.29, 1.82) is 0 Å². The average molecular weight is 327 g/mol. The Morgan fingerprint density at radius 2 is 1.88 bits per heavy atom. The lowest BCUT2D eigenvalue weighted by molar-refractivity contribution is -0.122. The highest BCUT2D eigenvalue weighted by atomic mass is 16.2. The number of aryl methyl sites for hydroxylation is 1. The van der Waals surface area contributed by atoms with E-state index in [2.05, 4.69) is 25.6 Å². The van der Waals surface area contributed by atoms with Crippen molar-refractivity contribution in [2.24, 2.45) is 0 Å². The fourth-order valence-corrected chi connectivity index (χ4v) is 2.14. The summed E-state index contributed by atoms with van der Waals surface area (Å²) in [6.07, 6.45) is 5.13. The SMILES string of the molecule is CCc1cc(N[C@H](C)C(=O)N[C@H](C)CC)nc(-c2ccncc2)n1. The zero-order chi connectivity index (χ0) is 17.5. The molecule has 2 atom stereocenters. The number of nitrogens with zero attached hydrogens (tertiary/aromatic N) is 3. The molecule has 0 spiro atoms. The van der Waals surface area contributed by atoms with Gasteiger partial charge in [0, 0.05) is 35.8 Å². The fourth-order valence-electron chi connectivity index (χ4n) is 2.14. The van der Waals surface area contributed by atoms with Gasteiger partial charge in [-0.1, -0.05) is 13.8 Å². The van der Waals surface area contributed by atoms with Gasteiger partial charge in [-0.3, -0.25) is 9.78 Å². The van der Waals surface area contributed by atoms with Gasteiger partial charge in [0.2, 0.25) is 5.91 Å². The molecule has 6 nitrogen and oxygen atoms in total. The van der Waals surface area contributed by atoms with Crippen LogP contribution in [0.5, 0.6) is 0 Å². The van der Waals surface area contributed by atoms with Crippen molar-refractivity contribution in [3.63, 3.8) is 0 Å². The molecular formula is C18H25N5O. The first-order chi connectivity index (χ1) is 11.5. The minimum absolute atomic E-state index is 0.0357. The molecule has 0 aromatic carbocycles. The van der Waals surface area contributed by atoms with Crippen LogP contribution in [0, 0.1) is 0 Å². The van der Waals surface area contributed by atoms with Gasteiger partial charge in [0.05, 0.1) is 0 Å². The number of anilines is 1. The summed E-state index contributed by atoms with van der Waals surface area (Å²) in [5.41, 5.74) is 1.83. The van der Waals surface area contributed by atoms with E-state index in [4.69, 9.17) is 0 Å². The maximum absolute atomic E-state index is 12.2. The van der Waals surface area contributed by atoms with Crippen LogP contribution in [-0.4, -0.2) is 32.9 Å². The molecule has 2 rings (SSSR count). The summed E-state index contributed by atoms with van der Waals surface area (Å²) < 4.78 is 0. The van der Waals surface area contributed by atoms with Crippen molar-refractivity contribution in [1.82, 2.24) is 20.3 Å². The van der Waals surface area contributed by atoms with Crippen molar-refractivity contribution in [3.8, 4) is 11.4 Å². The van der Waals surface area contributed by atoms with Gasteiger partial charge in [0.1, 0.15) is 11.9 Å². The number of hydrogen-bond acceptors (Lipinski definition) is 5. The summed E-state index contributed by atoms with van der Waals surface area (Å²) in [5.74, 6) is 1.25. The number of carbonyl (C=O) groups is 1. The summed E-state index contributed by atoms with van der Waals surface area (Å²) in [5, 5.41) is 6.15. The number of amides is 1. The number of nitrogens with one attached hydrogen (secondary N) is 2. The molecule has 2 aromatic rings. The van der Waals surface area contributed by atoms with Crippen LogP contribution in [0.1, 0.15) is 39.8 Å². The van der Waals surface area contributed by atoms with E-state index < -0.39 is 0 Å². The quantitative estimate of drug-likeness (QED) is 0.817. The smallest absolute Gasteiger partial charge is 0.242 e. The molecular weight excluding hydrogens is 302 g/mol. The Labute approximate surface area is 143 Å². The van der Waals surface area contributed by atoms with Gasteiger partial charge in [-0.25, -0.2) is 9.97 Å². The Balaban J connectivity index is 2.19. The van der Waals surface area contributed by atoms with Gasteiger partial charge >= 0.3 is 0 Å². The molecule has 0 unspecified atom stereocenters. The first kappa shape index (κ1) is 17.8. The highest BCUT2D eigenvalue weighted by Crippen LogP contribution is 2.18. The molecule has 0 aliphatic carbocycles. The van der Waals surface area contributed by atoms with E-state index in [1.165, 1.54) is 0 Å². The first-order valence-corrected chi connectivity index (χ1v) is 8.38. The van der Waals surface area contributed by atoms with E-state index in [1.54, 1.807) is 12.4 Å². The normalized spacial score (nSPS) is 13.2. The second-order valence-corrected chi connectivity index (χ2v) is 5.84. The Hall–Kier alpha value is -2.50. The van der Waals surface area contributed by atoms with Gasteiger partial charge in [-0.2, -0.15) is 0 Å². The van der Waals surface area contributed by atoms with Gasteiger partial charge in [-0.15, -0.1) is 0 Å². The molecule has 0 aliphatic rings. The van der Waals surface area contributed by atoms with Crippen LogP contribution in [0.4, 0.5) is 5.82 Å². The summed E-state index contributed by atoms with van der Waals surface area (Å²) in [4.78, 5) is 25.3. The summed E-state index contributed by atoms with van der Waals surface area (Å²) >= 11 is 0. The van der Waals surface area contributed by atoms with Crippen molar-refractivity contribution in [3.05, 3.63) is 36.3 Å². The predicted molar refractivity (Wildman–Crippen MR) is 95.6 cm³/mol. The number of aromatic nitrogens is 3. The molecule has 2 aromatic heterocycles. The molecule has 6 heteroatoms. The summed E-state index contributed by atoms with van der Waals surface area (Å²) in [6, 6.07) is 5.42. The van der Waals surface area contributed by atoms with Crippen LogP contribution < -0.4 is 10.6 Å². The van der Waals surface area contributed by atoms with Crippen LogP contribution in [0.25, 0.3) is 11.4 Å². The van der Waals surface area contributed by atoms with Gasteiger partial charge in [-0.05, 0) is 38.8 Å². The highest BCUT2D eigenvalue weighted by Gasteiger charge is 2.16. The maximum Gasteiger partial charge on any atom is 0.242 e. The van der Waals surface area contributed by atoms with E-state index in [0.29, 0.717) is 11.6 Å². The zero-order valence-corrected chi connectivity index (χ0v) is 14.7. The third-order valence-electron chi connectivity index (χ3n) is 3.84. The second-order valence-electron chi connectivity index (χ2n) is 5.84. The molecule has 0 bridgehead atoms. The van der Waals surface area contributed by atoms with Crippen molar-refractivity contribution in [2.75, 3.05) is 5.32 Å². The topological polar surface area (TPSA) is 79.8 Å². The third-order valence-corrected chi connectivity index (χ3v) is 3.84. The standard InChI is InChI=1S/C18H25N5O/c1-5-12(3)20-18(24)13(4)21-16-11-15(6-2)22-17(23-16)14-7-9-19-10-8-14/h7-13H,5-6H2,1-4H3,(H,20,24)(H,21,22,23)/t12-,13-/m1/s1. The average Bonchev–Trinajstić information content (AvgIpc) is 2.61. The molecule has 2 N–H and O–H groups in total. The van der Waals surface area contributed by atoms with E-state index in [0.717, 1.165) is 24.1 Å². The third kappa shape index (κ3) is 4.75. The fraction of sp³-hybridized carbons (Fsp3) is 0.444. The lowest BCUT2D eigenvalue weighted by atomic mass is 10.2. The molecule has 1 amide bonds. The van der Waals surface area contributed by atoms with Crippen molar-refractivity contribution >= 4 is 11.7 Å².